The second kappa shape index (κ2) is 7.68. The molecule has 11 heteroatoms. The highest BCUT2D eigenvalue weighted by Crippen LogP contribution is 2.26. The lowest BCUT2D eigenvalue weighted by Crippen LogP contribution is -2.20. The summed E-state index contributed by atoms with van der Waals surface area (Å²) in [5.41, 5.74) is 2.51. The first kappa shape index (κ1) is 20.1. The summed E-state index contributed by atoms with van der Waals surface area (Å²) >= 11 is 1.39. The van der Waals surface area contributed by atoms with Crippen LogP contribution in [-0.4, -0.2) is 41.1 Å². The van der Waals surface area contributed by atoms with Crippen molar-refractivity contribution in [3.8, 4) is 17.1 Å². The van der Waals surface area contributed by atoms with Crippen molar-refractivity contribution in [3.63, 3.8) is 0 Å². The number of thioether (sulfide) groups is 1. The Morgan fingerprint density at radius 1 is 1.06 bits per heavy atom. The van der Waals surface area contributed by atoms with Crippen LogP contribution >= 0.6 is 11.8 Å². The molecule has 0 amide bonds. The van der Waals surface area contributed by atoms with Crippen LogP contribution in [0.2, 0.25) is 0 Å². The standard InChI is InChI=1S/C21H20N8O2S/c1-12-4-9-16-15(10-12)19(30)27(2)20-25-23-17(28(16)20)11-32-21-26-24-18(29(21)22)13-5-7-14(31-3)8-6-13/h4-10H,11,22H2,1-3H3. The number of aromatic nitrogens is 7. The summed E-state index contributed by atoms with van der Waals surface area (Å²) < 4.78 is 10.0. The summed E-state index contributed by atoms with van der Waals surface area (Å²) in [6, 6.07) is 13.2. The molecule has 0 saturated carbocycles. The SMILES string of the molecule is COc1ccc(-c2nnc(SCc3nnc4n(C)c(=O)c5cc(C)ccc5n34)n2N)cc1. The number of methoxy groups -OCH3 is 1. The first-order chi connectivity index (χ1) is 15.5. The lowest BCUT2D eigenvalue weighted by atomic mass is 10.1. The lowest BCUT2D eigenvalue weighted by Gasteiger charge is -2.08. The smallest absolute Gasteiger partial charge is 0.262 e. The van der Waals surface area contributed by atoms with Gasteiger partial charge in [-0.15, -0.1) is 20.4 Å². The monoisotopic (exact) mass is 448 g/mol. The number of nitrogens with two attached hydrogens (primary N) is 1. The second-order valence-corrected chi connectivity index (χ2v) is 8.27. The molecule has 162 valence electrons. The van der Waals surface area contributed by atoms with E-state index in [0.717, 1.165) is 22.4 Å². The van der Waals surface area contributed by atoms with E-state index in [0.29, 0.717) is 33.7 Å². The summed E-state index contributed by atoms with van der Waals surface area (Å²) in [7, 11) is 3.31. The Kier molecular flexibility index (Phi) is 4.82. The highest BCUT2D eigenvalue weighted by molar-refractivity contribution is 7.98. The van der Waals surface area contributed by atoms with Gasteiger partial charge in [0.1, 0.15) is 11.6 Å². The number of nitrogens with zero attached hydrogens (tertiary/aromatic N) is 7. The predicted octanol–water partition coefficient (Wildman–Crippen LogP) is 2.16. The summed E-state index contributed by atoms with van der Waals surface area (Å²) in [4.78, 5) is 12.7. The molecule has 0 saturated heterocycles. The molecule has 32 heavy (non-hydrogen) atoms. The third-order valence-electron chi connectivity index (χ3n) is 5.28. The molecule has 0 fully saturated rings. The van der Waals surface area contributed by atoms with Crippen LogP contribution in [-0.2, 0) is 12.8 Å². The Balaban J connectivity index is 1.49. The third kappa shape index (κ3) is 3.17. The molecule has 3 aromatic heterocycles. The molecule has 0 radical (unpaired) electrons. The van der Waals surface area contributed by atoms with Gasteiger partial charge in [0, 0.05) is 12.6 Å². The van der Waals surface area contributed by atoms with Crippen molar-refractivity contribution in [1.29, 1.82) is 0 Å². The predicted molar refractivity (Wildman–Crippen MR) is 122 cm³/mol. The van der Waals surface area contributed by atoms with Crippen LogP contribution < -0.4 is 16.1 Å². The Bertz CT molecular complexity index is 1520. The zero-order valence-electron chi connectivity index (χ0n) is 17.7. The molecule has 0 bridgehead atoms. The van der Waals surface area contributed by atoms with Crippen LogP contribution in [0.3, 0.4) is 0 Å². The number of benzene rings is 2. The van der Waals surface area contributed by atoms with Crippen molar-refractivity contribution in [2.75, 3.05) is 13.0 Å². The van der Waals surface area contributed by atoms with E-state index in [1.165, 1.54) is 21.0 Å². The first-order valence-corrected chi connectivity index (χ1v) is 10.8. The summed E-state index contributed by atoms with van der Waals surface area (Å²) in [6.45, 7) is 1.96. The molecule has 0 unspecified atom stereocenters. The summed E-state index contributed by atoms with van der Waals surface area (Å²) in [6.07, 6.45) is 0. The second-order valence-electron chi connectivity index (χ2n) is 7.33. The molecule has 0 atom stereocenters. The van der Waals surface area contributed by atoms with Gasteiger partial charge in [0.15, 0.2) is 5.82 Å². The highest BCUT2D eigenvalue weighted by Gasteiger charge is 2.17. The molecule has 0 aliphatic carbocycles. The fraction of sp³-hybridized carbons (Fsp3) is 0.190. The van der Waals surface area contributed by atoms with Crippen LogP contribution in [0, 0.1) is 6.92 Å². The topological polar surface area (TPSA) is 118 Å². The van der Waals surface area contributed by atoms with Crippen molar-refractivity contribution in [1.82, 2.24) is 34.0 Å². The van der Waals surface area contributed by atoms with Gasteiger partial charge >= 0.3 is 0 Å². The molecule has 5 aromatic rings. The van der Waals surface area contributed by atoms with Crippen LogP contribution in [0.25, 0.3) is 28.1 Å². The number of fused-ring (bicyclic) bond motifs is 3. The third-order valence-corrected chi connectivity index (χ3v) is 6.22. The molecule has 2 aromatic carbocycles. The average molecular weight is 449 g/mol. The zero-order chi connectivity index (χ0) is 22.4. The number of hydrogen-bond donors (Lipinski definition) is 1. The van der Waals surface area contributed by atoms with Gasteiger partial charge in [0.2, 0.25) is 10.9 Å². The van der Waals surface area contributed by atoms with Crippen molar-refractivity contribution >= 4 is 28.4 Å². The maximum absolute atomic E-state index is 12.7. The minimum atomic E-state index is -0.103. The van der Waals surface area contributed by atoms with E-state index in [-0.39, 0.29) is 5.56 Å². The van der Waals surface area contributed by atoms with Crippen molar-refractivity contribution in [2.24, 2.45) is 7.05 Å². The molecule has 10 nitrogen and oxygen atoms in total. The number of rotatable bonds is 5. The maximum Gasteiger partial charge on any atom is 0.262 e. The lowest BCUT2D eigenvalue weighted by molar-refractivity contribution is 0.415. The summed E-state index contributed by atoms with van der Waals surface area (Å²) in [5, 5.41) is 18.2. The molecule has 0 spiro atoms. The molecule has 0 aliphatic heterocycles. The van der Waals surface area contributed by atoms with E-state index in [1.807, 2.05) is 53.8 Å². The Morgan fingerprint density at radius 2 is 1.84 bits per heavy atom. The quantitative estimate of drug-likeness (QED) is 0.321. The summed E-state index contributed by atoms with van der Waals surface area (Å²) in [5.74, 6) is 9.17. The molecule has 3 heterocycles. The van der Waals surface area contributed by atoms with Gasteiger partial charge in [-0.25, -0.2) is 4.68 Å². The number of aryl methyl sites for hydroxylation is 2. The van der Waals surface area contributed by atoms with Crippen LogP contribution in [0.5, 0.6) is 5.75 Å². The van der Waals surface area contributed by atoms with E-state index in [2.05, 4.69) is 20.4 Å². The fourth-order valence-corrected chi connectivity index (χ4v) is 4.36. The maximum atomic E-state index is 12.7. The van der Waals surface area contributed by atoms with Gasteiger partial charge in [-0.1, -0.05) is 23.4 Å². The van der Waals surface area contributed by atoms with Gasteiger partial charge in [-0.2, -0.15) is 0 Å². The number of hydrogen-bond acceptors (Lipinski definition) is 8. The van der Waals surface area contributed by atoms with E-state index in [9.17, 15) is 4.79 Å². The van der Waals surface area contributed by atoms with Gasteiger partial charge < -0.3 is 10.6 Å². The molecule has 0 aliphatic rings. The Morgan fingerprint density at radius 3 is 2.59 bits per heavy atom. The van der Waals surface area contributed by atoms with Crippen molar-refractivity contribution in [3.05, 3.63) is 64.2 Å². The Hall–Kier alpha value is -3.86. The molecule has 2 N–H and O–H groups in total. The van der Waals surface area contributed by atoms with E-state index in [4.69, 9.17) is 10.6 Å². The number of nitrogen functional groups attached to an aromatic ring is 1. The van der Waals surface area contributed by atoms with Crippen molar-refractivity contribution in [2.45, 2.75) is 17.8 Å². The largest absolute Gasteiger partial charge is 0.497 e. The van der Waals surface area contributed by atoms with E-state index in [1.54, 1.807) is 14.2 Å². The highest BCUT2D eigenvalue weighted by atomic mass is 32.2. The van der Waals surface area contributed by atoms with Crippen LogP contribution in [0.4, 0.5) is 0 Å². The minimum Gasteiger partial charge on any atom is -0.497 e. The van der Waals surface area contributed by atoms with E-state index >= 15 is 0 Å². The zero-order valence-corrected chi connectivity index (χ0v) is 18.5. The molecular weight excluding hydrogens is 428 g/mol. The van der Waals surface area contributed by atoms with Crippen LogP contribution in [0.1, 0.15) is 11.4 Å². The average Bonchev–Trinajstić information content (AvgIpc) is 3.39. The molecule has 5 rings (SSSR count). The van der Waals surface area contributed by atoms with Crippen molar-refractivity contribution < 1.29 is 4.74 Å². The normalized spacial score (nSPS) is 11.5. The molecular formula is C21H20N8O2S. The fourth-order valence-electron chi connectivity index (χ4n) is 3.59. The van der Waals surface area contributed by atoms with Gasteiger partial charge in [0.25, 0.3) is 5.56 Å². The van der Waals surface area contributed by atoms with Gasteiger partial charge in [-0.3, -0.25) is 13.8 Å². The Labute approximate surface area is 186 Å². The van der Waals surface area contributed by atoms with Gasteiger partial charge in [-0.05, 0) is 43.3 Å². The first-order valence-electron chi connectivity index (χ1n) is 9.79. The number of ether oxygens (including phenoxy) is 1. The van der Waals surface area contributed by atoms with Gasteiger partial charge in [0.05, 0.1) is 23.8 Å². The van der Waals surface area contributed by atoms with E-state index < -0.39 is 0 Å². The minimum absolute atomic E-state index is 0.103. The van der Waals surface area contributed by atoms with Crippen LogP contribution in [0.15, 0.2) is 52.4 Å².